The quantitative estimate of drug-likeness (QED) is 0.341. The molecule has 0 radical (unpaired) electrons. The molecule has 2 heterocycles. The van der Waals surface area contributed by atoms with E-state index in [1.807, 2.05) is 32.9 Å². The molecule has 1 amide bonds. The van der Waals surface area contributed by atoms with Gasteiger partial charge in [0.1, 0.15) is 17.2 Å². The third kappa shape index (κ3) is 5.75. The van der Waals surface area contributed by atoms with Gasteiger partial charge in [0, 0.05) is 35.5 Å². The highest BCUT2D eigenvalue weighted by atomic mass is 32.1. The molecule has 9 heteroatoms. The van der Waals surface area contributed by atoms with Gasteiger partial charge in [-0.25, -0.2) is 4.79 Å². The fourth-order valence-electron chi connectivity index (χ4n) is 4.02. The Bertz CT molecular complexity index is 1290. The molecule has 8 nitrogen and oxygen atoms in total. The first kappa shape index (κ1) is 25.8. The van der Waals surface area contributed by atoms with Gasteiger partial charge in [-0.1, -0.05) is 45.0 Å². The molecule has 3 aromatic rings. The number of thiophene rings is 1. The van der Waals surface area contributed by atoms with Crippen LogP contribution in [0.15, 0.2) is 42.5 Å². The van der Waals surface area contributed by atoms with E-state index in [0.29, 0.717) is 17.7 Å². The summed E-state index contributed by atoms with van der Waals surface area (Å²) in [5, 5.41) is 13.4. The molecule has 2 N–H and O–H groups in total. The number of fused-ring (bicyclic) bond motifs is 1. The summed E-state index contributed by atoms with van der Waals surface area (Å²) < 4.78 is 11.4. The van der Waals surface area contributed by atoms with Crippen molar-refractivity contribution in [2.24, 2.45) is 0 Å². The largest absolute Gasteiger partial charge is 0.492 e. The van der Waals surface area contributed by atoms with Crippen LogP contribution >= 0.6 is 11.3 Å². The Hall–Kier alpha value is -3.27. The summed E-state index contributed by atoms with van der Waals surface area (Å²) >= 11 is 1.09. The number of benzene rings is 2. The maximum absolute atomic E-state index is 13.2. The first-order chi connectivity index (χ1) is 17.1. The first-order valence-electron chi connectivity index (χ1n) is 11.8. The van der Waals surface area contributed by atoms with E-state index >= 15 is 0 Å². The van der Waals surface area contributed by atoms with Crippen LogP contribution < -0.4 is 10.1 Å². The van der Waals surface area contributed by atoms with Gasteiger partial charge >= 0.3 is 5.97 Å². The smallest absolute Gasteiger partial charge is 0.348 e. The average Bonchev–Trinajstić information content (AvgIpc) is 3.29. The summed E-state index contributed by atoms with van der Waals surface area (Å²) in [5.74, 6) is -2.15. The van der Waals surface area contributed by atoms with E-state index < -0.39 is 17.7 Å². The van der Waals surface area contributed by atoms with Crippen LogP contribution in [-0.2, 0) is 14.9 Å². The maximum Gasteiger partial charge on any atom is 0.348 e. The van der Waals surface area contributed by atoms with Crippen LogP contribution in [0.5, 0.6) is 5.75 Å². The minimum atomic E-state index is -1.15. The topological polar surface area (TPSA) is 105 Å². The normalized spacial score (nSPS) is 14.5. The van der Waals surface area contributed by atoms with Gasteiger partial charge in [-0.2, -0.15) is 0 Å². The number of aromatic carboxylic acids is 1. The molecule has 0 spiro atoms. The van der Waals surface area contributed by atoms with Crippen LogP contribution in [0.3, 0.4) is 0 Å². The molecule has 1 fully saturated rings. The minimum absolute atomic E-state index is 0.00468. The predicted molar refractivity (Wildman–Crippen MR) is 140 cm³/mol. The van der Waals surface area contributed by atoms with E-state index in [0.717, 1.165) is 54.4 Å². The highest BCUT2D eigenvalue weighted by Crippen LogP contribution is 2.36. The third-order valence-corrected chi connectivity index (χ3v) is 7.57. The van der Waals surface area contributed by atoms with Crippen molar-refractivity contribution in [2.75, 3.05) is 44.8 Å². The Morgan fingerprint density at radius 3 is 2.44 bits per heavy atom. The lowest BCUT2D eigenvalue weighted by atomic mass is 9.94. The number of nitrogens with zero attached hydrogens (tertiary/aromatic N) is 1. The van der Waals surface area contributed by atoms with Crippen molar-refractivity contribution >= 4 is 45.5 Å². The van der Waals surface area contributed by atoms with Gasteiger partial charge in [0.15, 0.2) is 0 Å². The van der Waals surface area contributed by atoms with Gasteiger partial charge in [-0.3, -0.25) is 14.5 Å². The number of carbonyl (C=O) groups is 3. The molecule has 4 rings (SSSR count). The molecule has 1 aliphatic rings. The molecular formula is C27H30N2O6S. The third-order valence-electron chi connectivity index (χ3n) is 6.02. The maximum atomic E-state index is 13.2. The Kier molecular flexibility index (Phi) is 7.73. The number of nitrogens with one attached hydrogen (secondary N) is 1. The fourth-order valence-corrected chi connectivity index (χ4v) is 5.03. The van der Waals surface area contributed by atoms with Gasteiger partial charge in [0.2, 0.25) is 0 Å². The van der Waals surface area contributed by atoms with E-state index in [1.54, 1.807) is 30.3 Å². The Balaban J connectivity index is 1.53. The number of ketones is 1. The van der Waals surface area contributed by atoms with Gasteiger partial charge in [0.25, 0.3) is 11.7 Å². The molecule has 1 aliphatic heterocycles. The summed E-state index contributed by atoms with van der Waals surface area (Å²) in [6.07, 6.45) is 0. The average molecular weight is 511 g/mol. The molecule has 0 aliphatic carbocycles. The number of rotatable bonds is 8. The SMILES string of the molecule is CC(C)(C)c1cc(NC(=O)C(=O)c2ccc(OCCN3CCOCC3)c3ccccc23)c(C(=O)O)s1. The predicted octanol–water partition coefficient (Wildman–Crippen LogP) is 4.43. The van der Waals surface area contributed by atoms with Crippen LogP contribution in [-0.4, -0.2) is 67.1 Å². The zero-order valence-electron chi connectivity index (χ0n) is 20.6. The van der Waals surface area contributed by atoms with E-state index in [1.165, 1.54) is 0 Å². The van der Waals surface area contributed by atoms with Gasteiger partial charge < -0.3 is 19.9 Å². The van der Waals surface area contributed by atoms with Crippen LogP contribution in [0, 0.1) is 0 Å². The number of carboxylic acid groups (broad SMARTS) is 1. The molecule has 36 heavy (non-hydrogen) atoms. The fraction of sp³-hybridized carbons (Fsp3) is 0.370. The van der Waals surface area contributed by atoms with Crippen molar-refractivity contribution in [2.45, 2.75) is 26.2 Å². The Morgan fingerprint density at radius 1 is 1.08 bits per heavy atom. The number of hydrogen-bond acceptors (Lipinski definition) is 7. The Morgan fingerprint density at radius 2 is 1.78 bits per heavy atom. The monoisotopic (exact) mass is 510 g/mol. The number of ether oxygens (including phenoxy) is 2. The van der Waals surface area contributed by atoms with Crippen molar-refractivity contribution in [3.8, 4) is 5.75 Å². The minimum Gasteiger partial charge on any atom is -0.492 e. The number of hydrogen-bond donors (Lipinski definition) is 2. The van der Waals surface area contributed by atoms with Crippen LogP contribution in [0.25, 0.3) is 10.8 Å². The molecule has 2 aromatic carbocycles. The second-order valence-corrected chi connectivity index (χ2v) is 10.7. The van der Waals surface area contributed by atoms with Crippen molar-refractivity contribution in [3.63, 3.8) is 0 Å². The molecule has 190 valence electrons. The lowest BCUT2D eigenvalue weighted by Gasteiger charge is -2.26. The van der Waals surface area contributed by atoms with Crippen molar-refractivity contribution < 1.29 is 29.0 Å². The van der Waals surface area contributed by atoms with Gasteiger partial charge in [-0.15, -0.1) is 11.3 Å². The summed E-state index contributed by atoms with van der Waals surface area (Å²) in [7, 11) is 0. The lowest BCUT2D eigenvalue weighted by Crippen LogP contribution is -2.38. The molecular weight excluding hydrogens is 480 g/mol. The first-order valence-corrected chi connectivity index (χ1v) is 12.6. The van der Waals surface area contributed by atoms with Crippen molar-refractivity contribution in [1.29, 1.82) is 0 Å². The molecule has 0 unspecified atom stereocenters. The summed E-state index contributed by atoms with van der Waals surface area (Å²) in [4.78, 5) is 40.9. The molecule has 0 saturated carbocycles. The number of amides is 1. The number of anilines is 1. The van der Waals surface area contributed by atoms with Gasteiger partial charge in [-0.05, 0) is 29.0 Å². The second kappa shape index (κ2) is 10.8. The van der Waals surface area contributed by atoms with E-state index in [9.17, 15) is 19.5 Å². The standard InChI is InChI=1S/C27H30N2O6S/c1-27(2,3)22-16-20(24(36-22)26(32)33)28-25(31)23(30)19-8-9-21(18-7-5-4-6-17(18)19)35-15-12-29-10-13-34-14-11-29/h4-9,16H,10-15H2,1-3H3,(H,28,31)(H,32,33). The van der Waals surface area contributed by atoms with Gasteiger partial charge in [0.05, 0.1) is 18.9 Å². The summed E-state index contributed by atoms with van der Waals surface area (Å²) in [6, 6.07) is 12.2. The number of Topliss-reactive ketones (excluding diaryl/α,β-unsaturated/α-hetero) is 1. The van der Waals surface area contributed by atoms with E-state index in [-0.39, 0.29) is 21.5 Å². The Labute approximate surface area is 213 Å². The number of morpholine rings is 1. The molecule has 1 saturated heterocycles. The van der Waals surface area contributed by atoms with Crippen LogP contribution in [0.4, 0.5) is 5.69 Å². The number of carbonyl (C=O) groups excluding carboxylic acids is 2. The summed E-state index contributed by atoms with van der Waals surface area (Å²) in [5.41, 5.74) is 0.0604. The van der Waals surface area contributed by atoms with Crippen LogP contribution in [0.2, 0.25) is 0 Å². The van der Waals surface area contributed by atoms with E-state index in [2.05, 4.69) is 10.2 Å². The van der Waals surface area contributed by atoms with E-state index in [4.69, 9.17) is 9.47 Å². The van der Waals surface area contributed by atoms with Crippen LogP contribution in [0.1, 0.15) is 45.7 Å². The molecule has 0 bridgehead atoms. The zero-order chi connectivity index (χ0) is 25.9. The highest BCUT2D eigenvalue weighted by molar-refractivity contribution is 7.14. The zero-order valence-corrected chi connectivity index (χ0v) is 21.4. The van der Waals surface area contributed by atoms with Crippen molar-refractivity contribution in [1.82, 2.24) is 4.90 Å². The molecule has 1 aromatic heterocycles. The van der Waals surface area contributed by atoms with Crippen molar-refractivity contribution in [3.05, 3.63) is 57.8 Å². The highest BCUT2D eigenvalue weighted by Gasteiger charge is 2.26. The second-order valence-electron chi connectivity index (χ2n) is 9.65. The number of carboxylic acids is 1. The summed E-state index contributed by atoms with van der Waals surface area (Å²) in [6.45, 7) is 10.3. The lowest BCUT2D eigenvalue weighted by molar-refractivity contribution is -0.112. The molecule has 0 atom stereocenters.